The smallest absolute Gasteiger partial charge is 0.382 e. The summed E-state index contributed by atoms with van der Waals surface area (Å²) in [6, 6.07) is -0.894. The van der Waals surface area contributed by atoms with Crippen LogP contribution in [0.2, 0.25) is 0 Å². The summed E-state index contributed by atoms with van der Waals surface area (Å²) >= 11 is 0. The van der Waals surface area contributed by atoms with Crippen LogP contribution in [-0.4, -0.2) is 41.9 Å². The van der Waals surface area contributed by atoms with Gasteiger partial charge in [-0.05, 0) is 20.5 Å². The number of aliphatic hydroxyl groups is 1. The van der Waals surface area contributed by atoms with Crippen LogP contribution >= 0.6 is 0 Å². The van der Waals surface area contributed by atoms with Crippen molar-refractivity contribution in [3.63, 3.8) is 0 Å². The standard InChI is InChI=1S/C7H14F3NO.Ni/c1-4-11(3)5(2)6(12)7(8,9)10;/h5-6,12H,4H2,1-3H3;. The van der Waals surface area contributed by atoms with Gasteiger partial charge in [-0.15, -0.1) is 0 Å². The second kappa shape index (κ2) is 5.83. The van der Waals surface area contributed by atoms with Crippen molar-refractivity contribution in [3.8, 4) is 0 Å². The number of likely N-dealkylation sites (N-methyl/N-ethyl adjacent to an activating group) is 1. The van der Waals surface area contributed by atoms with Crippen molar-refractivity contribution in [1.29, 1.82) is 0 Å². The van der Waals surface area contributed by atoms with Crippen molar-refractivity contribution in [1.82, 2.24) is 4.90 Å². The Balaban J connectivity index is 0. The number of hydrogen-bond donors (Lipinski definition) is 1. The molecule has 0 aromatic heterocycles. The summed E-state index contributed by atoms with van der Waals surface area (Å²) in [5.74, 6) is 0. The third-order valence-electron chi connectivity index (χ3n) is 1.99. The number of hydrogen-bond acceptors (Lipinski definition) is 2. The molecule has 1 N–H and O–H groups in total. The van der Waals surface area contributed by atoms with Gasteiger partial charge in [0.15, 0.2) is 6.10 Å². The molecule has 0 rings (SSSR count). The summed E-state index contributed by atoms with van der Waals surface area (Å²) in [7, 11) is 1.54. The van der Waals surface area contributed by atoms with E-state index in [0.717, 1.165) is 0 Å². The van der Waals surface area contributed by atoms with Crippen molar-refractivity contribution in [2.75, 3.05) is 13.6 Å². The average molecular weight is 244 g/mol. The van der Waals surface area contributed by atoms with E-state index in [0.29, 0.717) is 6.54 Å². The summed E-state index contributed by atoms with van der Waals surface area (Å²) < 4.78 is 35.8. The monoisotopic (exact) mass is 243 g/mol. The van der Waals surface area contributed by atoms with Gasteiger partial charge in [-0.3, -0.25) is 0 Å². The fourth-order valence-corrected chi connectivity index (χ4v) is 0.803. The summed E-state index contributed by atoms with van der Waals surface area (Å²) in [6.45, 7) is 3.57. The van der Waals surface area contributed by atoms with Crippen molar-refractivity contribution < 1.29 is 34.8 Å². The molecule has 2 unspecified atom stereocenters. The number of nitrogens with zero attached hydrogens (tertiary/aromatic N) is 1. The first kappa shape index (κ1) is 15.7. The zero-order chi connectivity index (χ0) is 9.94. The molecular weight excluding hydrogens is 230 g/mol. The van der Waals surface area contributed by atoms with E-state index in [4.69, 9.17) is 5.11 Å². The van der Waals surface area contributed by atoms with Crippen LogP contribution in [0.5, 0.6) is 0 Å². The van der Waals surface area contributed by atoms with Gasteiger partial charge in [0.25, 0.3) is 0 Å². The molecule has 2 nitrogen and oxygen atoms in total. The molecule has 0 aromatic rings. The molecular formula is C7H14F3NNiO. The summed E-state index contributed by atoms with van der Waals surface area (Å²) in [5, 5.41) is 8.79. The minimum atomic E-state index is -4.52. The zero-order valence-corrected chi connectivity index (χ0v) is 8.69. The molecule has 0 aliphatic heterocycles. The third kappa shape index (κ3) is 4.84. The van der Waals surface area contributed by atoms with Crippen LogP contribution in [0.15, 0.2) is 0 Å². The van der Waals surface area contributed by atoms with Crippen LogP contribution in [0.4, 0.5) is 13.2 Å². The molecule has 0 bridgehead atoms. The van der Waals surface area contributed by atoms with Gasteiger partial charge in [0.2, 0.25) is 0 Å². The fourth-order valence-electron chi connectivity index (χ4n) is 0.803. The molecule has 6 heteroatoms. The summed E-state index contributed by atoms with van der Waals surface area (Å²) in [5.41, 5.74) is 0. The fraction of sp³-hybridized carbons (Fsp3) is 1.00. The van der Waals surface area contributed by atoms with E-state index in [-0.39, 0.29) is 16.5 Å². The maximum atomic E-state index is 11.9. The maximum absolute atomic E-state index is 11.9. The Hall–Kier alpha value is 0.204. The molecule has 0 aromatic carbocycles. The van der Waals surface area contributed by atoms with Gasteiger partial charge < -0.3 is 10.0 Å². The third-order valence-corrected chi connectivity index (χ3v) is 1.99. The predicted octanol–water partition coefficient (Wildman–Crippen LogP) is 1.25. The molecule has 2 atom stereocenters. The molecule has 0 aliphatic carbocycles. The van der Waals surface area contributed by atoms with E-state index in [9.17, 15) is 13.2 Å². The molecule has 0 amide bonds. The van der Waals surface area contributed by atoms with Crippen molar-refractivity contribution >= 4 is 0 Å². The average Bonchev–Trinajstić information content (AvgIpc) is 1.98. The number of halogens is 3. The molecule has 0 aliphatic rings. The molecule has 0 heterocycles. The van der Waals surface area contributed by atoms with Crippen molar-refractivity contribution in [2.24, 2.45) is 0 Å². The van der Waals surface area contributed by atoms with Crippen LogP contribution < -0.4 is 0 Å². The molecule has 0 radical (unpaired) electrons. The zero-order valence-electron chi connectivity index (χ0n) is 7.71. The van der Waals surface area contributed by atoms with Gasteiger partial charge >= 0.3 is 6.18 Å². The Morgan fingerprint density at radius 3 is 2.00 bits per heavy atom. The Kier molecular flexibility index (Phi) is 7.03. The number of alkyl halides is 3. The van der Waals surface area contributed by atoms with Crippen LogP contribution in [0.3, 0.4) is 0 Å². The normalized spacial score (nSPS) is 16.6. The number of rotatable bonds is 3. The van der Waals surface area contributed by atoms with E-state index in [1.807, 2.05) is 0 Å². The second-order valence-electron chi connectivity index (χ2n) is 2.80. The molecule has 0 saturated heterocycles. The van der Waals surface area contributed by atoms with Crippen LogP contribution in [0.1, 0.15) is 13.8 Å². The Labute approximate surface area is 86.0 Å². The minimum Gasteiger partial charge on any atom is -0.382 e. The maximum Gasteiger partial charge on any atom is 0.415 e. The first-order valence-electron chi connectivity index (χ1n) is 3.75. The van der Waals surface area contributed by atoms with Crippen LogP contribution in [-0.2, 0) is 16.5 Å². The van der Waals surface area contributed by atoms with Gasteiger partial charge in [0, 0.05) is 22.5 Å². The predicted molar refractivity (Wildman–Crippen MR) is 39.8 cm³/mol. The Bertz CT molecular complexity index is 142. The topological polar surface area (TPSA) is 23.5 Å². The number of aliphatic hydroxyl groups excluding tert-OH is 1. The molecule has 84 valence electrons. The van der Waals surface area contributed by atoms with E-state index in [2.05, 4.69) is 0 Å². The van der Waals surface area contributed by atoms with Crippen LogP contribution in [0, 0.1) is 0 Å². The van der Waals surface area contributed by atoms with Crippen LogP contribution in [0.25, 0.3) is 0 Å². The minimum absolute atomic E-state index is 0. The molecule has 13 heavy (non-hydrogen) atoms. The first-order chi connectivity index (χ1) is 5.30. The van der Waals surface area contributed by atoms with E-state index < -0.39 is 18.3 Å². The van der Waals surface area contributed by atoms with E-state index >= 15 is 0 Å². The summed E-state index contributed by atoms with van der Waals surface area (Å²) in [4.78, 5) is 1.44. The first-order valence-corrected chi connectivity index (χ1v) is 3.75. The molecule has 0 spiro atoms. The van der Waals surface area contributed by atoms with Gasteiger partial charge in [-0.2, -0.15) is 13.2 Å². The summed E-state index contributed by atoms with van der Waals surface area (Å²) in [6.07, 6.45) is -6.79. The second-order valence-corrected chi connectivity index (χ2v) is 2.80. The molecule has 0 fully saturated rings. The van der Waals surface area contributed by atoms with Gasteiger partial charge in [-0.1, -0.05) is 6.92 Å². The van der Waals surface area contributed by atoms with E-state index in [1.165, 1.54) is 11.8 Å². The quantitative estimate of drug-likeness (QED) is 0.755. The van der Waals surface area contributed by atoms with E-state index in [1.54, 1.807) is 14.0 Å². The Morgan fingerprint density at radius 1 is 1.38 bits per heavy atom. The molecule has 0 saturated carbocycles. The Morgan fingerprint density at radius 2 is 1.77 bits per heavy atom. The largest absolute Gasteiger partial charge is 0.415 e. The van der Waals surface area contributed by atoms with Crippen molar-refractivity contribution in [2.45, 2.75) is 32.2 Å². The SMILES string of the molecule is CCN(C)C(C)C(O)C(F)(F)F.[Ni]. The van der Waals surface area contributed by atoms with Crippen molar-refractivity contribution in [3.05, 3.63) is 0 Å². The van der Waals surface area contributed by atoms with Gasteiger partial charge in [-0.25, -0.2) is 0 Å². The van der Waals surface area contributed by atoms with Gasteiger partial charge in [0.1, 0.15) is 0 Å². The van der Waals surface area contributed by atoms with Gasteiger partial charge in [0.05, 0.1) is 0 Å².